The maximum absolute atomic E-state index is 6.00. The number of ether oxygens (including phenoxy) is 1. The Morgan fingerprint density at radius 1 is 1.32 bits per heavy atom. The minimum Gasteiger partial charge on any atom is -0.383 e. The molecule has 0 amide bonds. The Morgan fingerprint density at radius 3 is 2.91 bits per heavy atom. The Balaban J connectivity index is 1.83. The van der Waals surface area contributed by atoms with Gasteiger partial charge in [0.2, 0.25) is 0 Å². The summed E-state index contributed by atoms with van der Waals surface area (Å²) in [6, 6.07) is 8.84. The third kappa shape index (κ3) is 3.31. The van der Waals surface area contributed by atoms with E-state index >= 15 is 0 Å². The number of nitrogens with one attached hydrogen (secondary N) is 1. The van der Waals surface area contributed by atoms with Gasteiger partial charge >= 0.3 is 0 Å². The van der Waals surface area contributed by atoms with Gasteiger partial charge in [0.05, 0.1) is 6.61 Å². The summed E-state index contributed by atoms with van der Waals surface area (Å²) in [4.78, 5) is 6.96. The number of piperidine rings is 1. The highest BCUT2D eigenvalue weighted by Crippen LogP contribution is 2.28. The zero-order valence-electron chi connectivity index (χ0n) is 13.1. The van der Waals surface area contributed by atoms with E-state index < -0.39 is 0 Å². The van der Waals surface area contributed by atoms with Crippen LogP contribution in [0.1, 0.15) is 12.8 Å². The van der Waals surface area contributed by atoms with Crippen molar-refractivity contribution in [1.29, 1.82) is 0 Å². The molecule has 1 aliphatic rings. The van der Waals surface area contributed by atoms with Crippen LogP contribution in [0.15, 0.2) is 30.5 Å². The summed E-state index contributed by atoms with van der Waals surface area (Å²) in [5.41, 5.74) is 7.11. The van der Waals surface area contributed by atoms with Gasteiger partial charge in [-0.3, -0.25) is 0 Å². The minimum absolute atomic E-state index is 0.336. The lowest BCUT2D eigenvalue weighted by Crippen LogP contribution is -2.40. The van der Waals surface area contributed by atoms with Crippen LogP contribution >= 0.6 is 0 Å². The number of benzene rings is 1. The summed E-state index contributed by atoms with van der Waals surface area (Å²) in [5.74, 6) is 1.08. The van der Waals surface area contributed by atoms with Crippen LogP contribution in [0.5, 0.6) is 0 Å². The van der Waals surface area contributed by atoms with E-state index in [1.807, 2.05) is 6.20 Å². The number of pyridine rings is 1. The highest BCUT2D eigenvalue weighted by molar-refractivity contribution is 5.94. The molecule has 0 saturated carbocycles. The van der Waals surface area contributed by atoms with E-state index in [0.717, 1.165) is 44.0 Å². The highest BCUT2D eigenvalue weighted by atomic mass is 16.5. The molecule has 1 fully saturated rings. The monoisotopic (exact) mass is 300 g/mol. The van der Waals surface area contributed by atoms with E-state index in [9.17, 15) is 0 Å². The van der Waals surface area contributed by atoms with Crippen molar-refractivity contribution in [2.45, 2.75) is 18.9 Å². The number of hydrogen-bond donors (Lipinski definition) is 2. The van der Waals surface area contributed by atoms with E-state index in [1.54, 1.807) is 7.11 Å². The smallest absolute Gasteiger partial charge is 0.136 e. The minimum atomic E-state index is 0.336. The second-order valence-electron chi connectivity index (χ2n) is 5.81. The Bertz CT molecular complexity index is 623. The fourth-order valence-corrected chi connectivity index (χ4v) is 2.93. The molecule has 0 atom stereocenters. The van der Waals surface area contributed by atoms with Crippen molar-refractivity contribution < 1.29 is 4.74 Å². The van der Waals surface area contributed by atoms with Gasteiger partial charge in [-0.25, -0.2) is 4.98 Å². The zero-order chi connectivity index (χ0) is 15.4. The molecule has 0 spiro atoms. The van der Waals surface area contributed by atoms with Crippen molar-refractivity contribution >= 4 is 22.3 Å². The van der Waals surface area contributed by atoms with E-state index in [1.165, 1.54) is 10.8 Å². The van der Waals surface area contributed by atoms with Crippen LogP contribution in [-0.2, 0) is 4.74 Å². The summed E-state index contributed by atoms with van der Waals surface area (Å²) < 4.78 is 5.07. The number of hydrogen-bond acceptors (Lipinski definition) is 5. The maximum atomic E-state index is 6.00. The van der Waals surface area contributed by atoms with Gasteiger partial charge in [-0.1, -0.05) is 0 Å². The molecule has 0 unspecified atom stereocenters. The van der Waals surface area contributed by atoms with Crippen molar-refractivity contribution in [2.75, 3.05) is 43.6 Å². The first-order valence-corrected chi connectivity index (χ1v) is 7.90. The van der Waals surface area contributed by atoms with Gasteiger partial charge in [0, 0.05) is 50.1 Å². The third-order valence-electron chi connectivity index (χ3n) is 4.22. The first-order valence-electron chi connectivity index (χ1n) is 7.90. The van der Waals surface area contributed by atoms with Crippen LogP contribution < -0.4 is 16.0 Å². The quantitative estimate of drug-likeness (QED) is 0.829. The van der Waals surface area contributed by atoms with Gasteiger partial charge in [0.25, 0.3) is 0 Å². The molecule has 118 valence electrons. The largest absolute Gasteiger partial charge is 0.383 e. The van der Waals surface area contributed by atoms with Gasteiger partial charge < -0.3 is 20.7 Å². The van der Waals surface area contributed by atoms with Crippen molar-refractivity contribution in [1.82, 2.24) is 4.98 Å². The summed E-state index contributed by atoms with van der Waals surface area (Å²) in [6.45, 7) is 3.49. The van der Waals surface area contributed by atoms with Crippen LogP contribution in [0.25, 0.3) is 10.8 Å². The number of methoxy groups -OCH3 is 1. The second kappa shape index (κ2) is 6.94. The summed E-state index contributed by atoms with van der Waals surface area (Å²) in [6.07, 6.45) is 3.97. The molecule has 1 aliphatic heterocycles. The van der Waals surface area contributed by atoms with Crippen LogP contribution in [0.2, 0.25) is 0 Å². The standard InChI is InChI=1S/C17H24N4O/c1-22-11-8-19-15-2-3-16-13(12-15)4-7-20-17(16)21-9-5-14(18)6-10-21/h2-4,7,12,14,19H,5-6,8-11,18H2,1H3. The molecule has 0 bridgehead atoms. The Morgan fingerprint density at radius 2 is 2.14 bits per heavy atom. The van der Waals surface area contributed by atoms with E-state index in [2.05, 4.69) is 39.5 Å². The van der Waals surface area contributed by atoms with E-state index in [0.29, 0.717) is 12.6 Å². The lowest BCUT2D eigenvalue weighted by atomic mass is 10.0. The average molecular weight is 300 g/mol. The fourth-order valence-electron chi connectivity index (χ4n) is 2.93. The number of fused-ring (bicyclic) bond motifs is 1. The lowest BCUT2D eigenvalue weighted by Gasteiger charge is -2.31. The van der Waals surface area contributed by atoms with E-state index in [-0.39, 0.29) is 0 Å². The van der Waals surface area contributed by atoms with Crippen molar-refractivity contribution in [3.8, 4) is 0 Å². The first kappa shape index (κ1) is 15.1. The van der Waals surface area contributed by atoms with Crippen LogP contribution in [0.3, 0.4) is 0 Å². The number of anilines is 2. The third-order valence-corrected chi connectivity index (χ3v) is 4.22. The molecule has 1 saturated heterocycles. The Hall–Kier alpha value is -1.85. The molecule has 0 aliphatic carbocycles. The zero-order valence-corrected chi connectivity index (χ0v) is 13.1. The van der Waals surface area contributed by atoms with Crippen LogP contribution in [0, 0.1) is 0 Å². The second-order valence-corrected chi connectivity index (χ2v) is 5.81. The summed E-state index contributed by atoms with van der Waals surface area (Å²) in [7, 11) is 1.71. The molecule has 2 aromatic rings. The molecular formula is C17H24N4O. The lowest BCUT2D eigenvalue weighted by molar-refractivity contribution is 0.211. The summed E-state index contributed by atoms with van der Waals surface area (Å²) >= 11 is 0. The van der Waals surface area contributed by atoms with E-state index in [4.69, 9.17) is 10.5 Å². The molecule has 22 heavy (non-hydrogen) atoms. The topological polar surface area (TPSA) is 63.4 Å². The number of nitrogens with zero attached hydrogens (tertiary/aromatic N) is 2. The number of nitrogens with two attached hydrogens (primary N) is 1. The molecule has 3 rings (SSSR count). The normalized spacial score (nSPS) is 16.2. The molecule has 3 N–H and O–H groups in total. The van der Waals surface area contributed by atoms with Crippen molar-refractivity contribution in [3.63, 3.8) is 0 Å². The van der Waals surface area contributed by atoms with Gasteiger partial charge in [0.15, 0.2) is 0 Å². The molecule has 1 aromatic heterocycles. The van der Waals surface area contributed by atoms with Crippen LogP contribution in [0.4, 0.5) is 11.5 Å². The predicted octanol–water partition coefficient (Wildman–Crippen LogP) is 2.22. The van der Waals surface area contributed by atoms with Gasteiger partial charge in [-0.05, 0) is 42.5 Å². The van der Waals surface area contributed by atoms with Gasteiger partial charge in [0.1, 0.15) is 5.82 Å². The molecular weight excluding hydrogens is 276 g/mol. The molecule has 1 aromatic carbocycles. The van der Waals surface area contributed by atoms with Crippen LogP contribution in [-0.4, -0.2) is 44.4 Å². The molecule has 0 radical (unpaired) electrons. The number of rotatable bonds is 5. The maximum Gasteiger partial charge on any atom is 0.136 e. The Labute approximate surface area is 131 Å². The molecule has 5 heteroatoms. The average Bonchev–Trinajstić information content (AvgIpc) is 2.55. The number of aromatic nitrogens is 1. The first-order chi connectivity index (χ1) is 10.8. The molecule has 2 heterocycles. The van der Waals surface area contributed by atoms with Gasteiger partial charge in [-0.15, -0.1) is 0 Å². The predicted molar refractivity (Wildman–Crippen MR) is 91.5 cm³/mol. The van der Waals surface area contributed by atoms with Gasteiger partial charge in [-0.2, -0.15) is 0 Å². The summed E-state index contributed by atoms with van der Waals surface area (Å²) in [5, 5.41) is 5.78. The van der Waals surface area contributed by atoms with Crippen molar-refractivity contribution in [2.24, 2.45) is 5.73 Å². The highest BCUT2D eigenvalue weighted by Gasteiger charge is 2.18. The molecule has 5 nitrogen and oxygen atoms in total. The SMILES string of the molecule is COCCNc1ccc2c(N3CCC(N)CC3)nccc2c1. The fraction of sp³-hybridized carbons (Fsp3) is 0.471. The Kier molecular flexibility index (Phi) is 4.75. The van der Waals surface area contributed by atoms with Crippen molar-refractivity contribution in [3.05, 3.63) is 30.5 Å².